The van der Waals surface area contributed by atoms with Crippen LogP contribution in [0.25, 0.3) is 22.3 Å². The molecule has 1 saturated heterocycles. The Balaban J connectivity index is 1.05. The Bertz CT molecular complexity index is 2010. The number of likely N-dealkylation sites (N-methyl/N-ethyl adjacent to an activating group) is 2. The molecular weight excluding hydrogens is 704 g/mol. The number of benzene rings is 1. The van der Waals surface area contributed by atoms with Crippen molar-refractivity contribution in [3.05, 3.63) is 60.8 Å². The zero-order chi connectivity index (χ0) is 38.5. The highest BCUT2D eigenvalue weighted by molar-refractivity contribution is 5.96. The Morgan fingerprint density at radius 1 is 1.04 bits per heavy atom. The van der Waals surface area contributed by atoms with Gasteiger partial charge in [0.25, 0.3) is 0 Å². The lowest BCUT2D eigenvalue weighted by atomic mass is 9.96. The summed E-state index contributed by atoms with van der Waals surface area (Å²) in [5, 5.41) is 54.4. The lowest BCUT2D eigenvalue weighted by molar-refractivity contribution is -0.271. The van der Waals surface area contributed by atoms with Crippen LogP contribution in [0.15, 0.2) is 55.2 Å². The van der Waals surface area contributed by atoms with Crippen LogP contribution in [-0.2, 0) is 20.9 Å². The minimum atomic E-state index is -1.87. The quantitative estimate of drug-likeness (QED) is 0.163. The van der Waals surface area contributed by atoms with E-state index >= 15 is 0 Å². The summed E-state index contributed by atoms with van der Waals surface area (Å²) in [7, 11) is 3.10. The second-order valence-electron chi connectivity index (χ2n) is 13.5. The van der Waals surface area contributed by atoms with E-state index in [0.29, 0.717) is 34.6 Å². The Morgan fingerprint density at radius 2 is 1.78 bits per heavy atom. The Morgan fingerprint density at radius 3 is 2.52 bits per heavy atom. The number of aromatic nitrogens is 5. The van der Waals surface area contributed by atoms with Gasteiger partial charge in [0.15, 0.2) is 11.8 Å². The third kappa shape index (κ3) is 7.99. The number of para-hydroxylation sites is 1. The van der Waals surface area contributed by atoms with Crippen molar-refractivity contribution in [2.75, 3.05) is 27.2 Å². The molecule has 2 fully saturated rings. The van der Waals surface area contributed by atoms with Gasteiger partial charge in [0, 0.05) is 56.1 Å². The number of hydrogen-bond acceptors (Lipinski definition) is 13. The van der Waals surface area contributed by atoms with E-state index < -0.39 is 42.8 Å². The summed E-state index contributed by atoms with van der Waals surface area (Å²) in [6.45, 7) is -0.0201. The van der Waals surface area contributed by atoms with Crippen LogP contribution in [0.1, 0.15) is 43.7 Å². The van der Waals surface area contributed by atoms with E-state index in [4.69, 9.17) is 14.2 Å². The molecule has 54 heavy (non-hydrogen) atoms. The van der Waals surface area contributed by atoms with Gasteiger partial charge in [0.1, 0.15) is 37.0 Å². The van der Waals surface area contributed by atoms with Crippen LogP contribution in [0, 0.1) is 17.2 Å². The summed E-state index contributed by atoms with van der Waals surface area (Å²) in [6, 6.07) is 9.96. The molecule has 4 N–H and O–H groups in total. The first-order valence-corrected chi connectivity index (χ1v) is 17.5. The smallest absolute Gasteiger partial charge is 0.409 e. The van der Waals surface area contributed by atoms with Crippen LogP contribution in [0.2, 0.25) is 0 Å². The number of aliphatic carboxylic acids is 1. The summed E-state index contributed by atoms with van der Waals surface area (Å²) in [5.74, 6) is -1.07. The highest BCUT2D eigenvalue weighted by Gasteiger charge is 2.48. The van der Waals surface area contributed by atoms with Crippen molar-refractivity contribution in [2.24, 2.45) is 5.92 Å². The lowest BCUT2D eigenvalue weighted by Crippen LogP contribution is -2.61. The van der Waals surface area contributed by atoms with Crippen LogP contribution in [0.5, 0.6) is 5.75 Å². The zero-order valence-corrected chi connectivity index (χ0v) is 29.7. The monoisotopic (exact) mass is 746 g/mol. The predicted octanol–water partition coefficient (Wildman–Crippen LogP) is 2.38. The van der Waals surface area contributed by atoms with Crippen LogP contribution in [-0.4, -0.2) is 131 Å². The Kier molecular flexibility index (Phi) is 11.7. The molecule has 1 saturated carbocycles. The highest BCUT2D eigenvalue weighted by Crippen LogP contribution is 2.37. The van der Waals surface area contributed by atoms with E-state index in [2.05, 4.69) is 21.1 Å². The number of hydrogen-bond donors (Lipinski definition) is 4. The summed E-state index contributed by atoms with van der Waals surface area (Å²) in [6.07, 6.45) is 1.76. The summed E-state index contributed by atoms with van der Waals surface area (Å²) in [5.41, 5.74) is 2.11. The van der Waals surface area contributed by atoms with Gasteiger partial charge in [-0.05, 0) is 30.9 Å². The molecule has 1 aliphatic carbocycles. The largest absolute Gasteiger partial charge is 0.479 e. The molecule has 0 radical (unpaired) electrons. The fraction of sp³-hybridized carbons (Fsp3) is 0.472. The number of rotatable bonds is 12. The molecule has 1 aliphatic heterocycles. The topological polar surface area (TPSA) is 239 Å². The maximum Gasteiger partial charge on any atom is 0.409 e. The van der Waals surface area contributed by atoms with Crippen molar-refractivity contribution < 1.29 is 49.0 Å². The summed E-state index contributed by atoms with van der Waals surface area (Å²) in [4.78, 5) is 49.5. The molecule has 4 aromatic rings. The number of carboxylic acid groups (broad SMARTS) is 1. The van der Waals surface area contributed by atoms with Gasteiger partial charge in [-0.2, -0.15) is 10.4 Å². The summed E-state index contributed by atoms with van der Waals surface area (Å²) >= 11 is 0. The number of carbonyl (C=O) groups excluding carboxylic acids is 2. The number of nitrogens with zero attached hydrogens (tertiary/aromatic N) is 8. The number of carboxylic acids is 1. The van der Waals surface area contributed by atoms with Gasteiger partial charge >= 0.3 is 18.1 Å². The van der Waals surface area contributed by atoms with E-state index in [1.165, 1.54) is 33.8 Å². The fourth-order valence-electron chi connectivity index (χ4n) is 6.82. The molecule has 1 unspecified atom stereocenters. The van der Waals surface area contributed by atoms with E-state index in [1.54, 1.807) is 43.7 Å². The number of carbonyl (C=O) groups is 3. The summed E-state index contributed by atoms with van der Waals surface area (Å²) < 4.78 is 19.6. The molecule has 18 nitrogen and oxygen atoms in total. The number of amides is 2. The van der Waals surface area contributed by atoms with Gasteiger partial charge in [-0.15, -0.1) is 0 Å². The molecule has 6 atom stereocenters. The van der Waals surface area contributed by atoms with Crippen molar-refractivity contribution in [2.45, 2.75) is 75.5 Å². The van der Waals surface area contributed by atoms with Crippen LogP contribution in [0.3, 0.4) is 0 Å². The Hall–Kier alpha value is -5.61. The van der Waals surface area contributed by atoms with Crippen molar-refractivity contribution in [1.82, 2.24) is 34.1 Å². The number of fused-ring (bicyclic) bond motifs is 1. The van der Waals surface area contributed by atoms with Gasteiger partial charge in [-0.1, -0.05) is 31.0 Å². The van der Waals surface area contributed by atoms with E-state index in [1.807, 2.05) is 10.9 Å². The Labute approximate surface area is 309 Å². The minimum absolute atomic E-state index is 0.0114. The second kappa shape index (κ2) is 16.6. The molecule has 6 rings (SSSR count). The van der Waals surface area contributed by atoms with Crippen LogP contribution >= 0.6 is 0 Å². The molecule has 2 aliphatic rings. The second-order valence-corrected chi connectivity index (χ2v) is 13.5. The lowest BCUT2D eigenvalue weighted by Gasteiger charge is -2.38. The number of nitriles is 1. The molecule has 0 spiro atoms. The molecule has 3 aromatic heterocycles. The first-order chi connectivity index (χ1) is 26.0. The average molecular weight is 747 g/mol. The van der Waals surface area contributed by atoms with Crippen molar-refractivity contribution in [1.29, 1.82) is 5.26 Å². The first-order valence-electron chi connectivity index (χ1n) is 17.5. The molecule has 2 amide bonds. The molecular formula is C36H42N8O10. The molecule has 4 heterocycles. The SMILES string of the molecule is CN(CCN(C)C(=O)n1ccc2c(-c3cnn(C(CC#N)C4CCCC4)c3)ncnc21)C(=O)OCc1ccccc1O[C@@H]1O[C@H](C(=O)O)[C@@H](O)[C@H](O)[C@H]1O. The van der Waals surface area contributed by atoms with Crippen LogP contribution in [0.4, 0.5) is 9.59 Å². The van der Waals surface area contributed by atoms with Gasteiger partial charge in [0.05, 0.1) is 30.4 Å². The third-order valence-electron chi connectivity index (χ3n) is 9.94. The maximum absolute atomic E-state index is 13.5. The fourth-order valence-corrected chi connectivity index (χ4v) is 6.82. The number of aliphatic hydroxyl groups excluding tert-OH is 3. The maximum atomic E-state index is 13.5. The first kappa shape index (κ1) is 38.1. The minimum Gasteiger partial charge on any atom is -0.479 e. The molecule has 0 bridgehead atoms. The predicted molar refractivity (Wildman–Crippen MR) is 188 cm³/mol. The normalized spacial score (nSPS) is 22.0. The highest BCUT2D eigenvalue weighted by atomic mass is 16.7. The van der Waals surface area contributed by atoms with Crippen LogP contribution < -0.4 is 4.74 Å². The van der Waals surface area contributed by atoms with Gasteiger partial charge in [-0.25, -0.2) is 24.4 Å². The van der Waals surface area contributed by atoms with E-state index in [9.17, 15) is 40.1 Å². The molecule has 18 heteroatoms. The van der Waals surface area contributed by atoms with Gasteiger partial charge in [0.2, 0.25) is 6.29 Å². The standard InChI is InChI=1S/C36H42N8O10/c1-41(15-16-42(2)36(51)52-19-22-9-5-6-10-26(22)53-34-30(47)28(45)29(46)31(54-34)33(48)49)35(50)43-14-12-24-27(38-20-39-32(24)43)23-17-40-44(18-23)25(11-13-37)21-7-3-4-8-21/h5-6,9-10,12,14,17-18,20-21,25,28-31,34,45-47H,3-4,7-8,11,15-16,19H2,1-2H3,(H,48,49)/t25?,28-,29-,30+,31-,34+/m0/s1. The average Bonchev–Trinajstić information content (AvgIpc) is 3.97. The van der Waals surface area contributed by atoms with Gasteiger partial charge < -0.3 is 44.4 Å². The third-order valence-corrected chi connectivity index (χ3v) is 9.94. The molecule has 1 aromatic carbocycles. The van der Waals surface area contributed by atoms with Crippen molar-refractivity contribution in [3.63, 3.8) is 0 Å². The van der Waals surface area contributed by atoms with Gasteiger partial charge in [-0.3, -0.25) is 9.25 Å². The number of aliphatic hydroxyl groups is 3. The number of ether oxygens (including phenoxy) is 3. The van der Waals surface area contributed by atoms with Crippen molar-refractivity contribution >= 4 is 29.1 Å². The molecule has 286 valence electrons. The van der Waals surface area contributed by atoms with Crippen molar-refractivity contribution in [3.8, 4) is 23.1 Å². The van der Waals surface area contributed by atoms with E-state index in [-0.39, 0.29) is 37.5 Å². The van der Waals surface area contributed by atoms with E-state index in [0.717, 1.165) is 31.2 Å². The zero-order valence-electron chi connectivity index (χ0n) is 29.7.